The number of rotatable bonds is 4. The second-order valence-corrected chi connectivity index (χ2v) is 55.6. The van der Waals surface area contributed by atoms with E-state index in [2.05, 4.69) is 421 Å². The topological polar surface area (TPSA) is 0 Å². The summed E-state index contributed by atoms with van der Waals surface area (Å²) >= 11 is 5.22. The first-order valence-corrected chi connectivity index (χ1v) is 54.3. The van der Waals surface area contributed by atoms with Crippen LogP contribution in [0.2, 0.25) is 39.3 Å². The average molecular weight is 1850 g/mol. The van der Waals surface area contributed by atoms with Gasteiger partial charge in [0.2, 0.25) is 0 Å². The molecule has 0 aliphatic heterocycles. The molecule has 0 aliphatic carbocycles. The standard InChI is InChI=1S/2C20H15.2C16H13.2C10H9.3C2H6Si.6ClH.3Zr/c2*1-14-12-16-8-5-11-19(20(16)13-14)18-10-4-7-15-6-2-3-9-17(15)18;2*1-12-10-14-8-5-9-15(16(14)11-12)13-6-3-2-4-7-13;2*1-8-6-9-4-2-3-5-10(9)7-8;3*1-3-2;;;;;;;;;/h2*2-13H,1H3;2*2-11H,1H3;2*2-7H,1H3;3*1-2H3;6*1H;;;/q6*-1;;;;;;;;;;3*+2. The molecule has 0 unspecified atom stereocenters. The van der Waals surface area contributed by atoms with Gasteiger partial charge in [0.25, 0.3) is 0 Å². The molecule has 0 amide bonds. The monoisotopic (exact) mass is 1840 g/mol. The quantitative estimate of drug-likeness (QED) is 0.122. The van der Waals surface area contributed by atoms with Crippen LogP contribution in [0, 0.1) is 41.5 Å². The van der Waals surface area contributed by atoms with Gasteiger partial charge in [-0.1, -0.05) is 246 Å². The molecule has 0 fully saturated rings. The van der Waals surface area contributed by atoms with E-state index in [0.717, 1.165) is 0 Å². The molecule has 0 nitrogen and oxygen atoms in total. The van der Waals surface area contributed by atoms with Gasteiger partial charge in [-0.3, -0.25) is 0 Å². The molecule has 0 spiro atoms. The van der Waals surface area contributed by atoms with Crippen molar-refractivity contribution in [2.45, 2.75) is 80.8 Å². The maximum absolute atomic E-state index is 2.31. The molecule has 0 bridgehead atoms. The minimum absolute atomic E-state index is 0. The molecule has 0 aromatic heterocycles. The summed E-state index contributed by atoms with van der Waals surface area (Å²) in [7, 11) is 0. The molecule has 556 valence electrons. The molecule has 0 saturated carbocycles. The minimum Gasteiger partial charge on any atom is -0.165 e. The Morgan fingerprint density at radius 2 is 0.382 bits per heavy atom. The summed E-state index contributed by atoms with van der Waals surface area (Å²) in [5, 5.41) is 21.3. The first-order valence-electron chi connectivity index (χ1n) is 35.8. The first-order chi connectivity index (χ1) is 50.3. The zero-order chi connectivity index (χ0) is 73.7. The number of aryl methyl sites for hydroxylation is 6. The van der Waals surface area contributed by atoms with Crippen LogP contribution in [0.5, 0.6) is 0 Å². The Kier molecular flexibility index (Phi) is 42.1. The second kappa shape index (κ2) is 48.2. The smallest absolute Gasteiger partial charge is 0.0114 e. The Balaban J connectivity index is 0.000000271. The van der Waals surface area contributed by atoms with Crippen molar-refractivity contribution in [1.82, 2.24) is 0 Å². The van der Waals surface area contributed by atoms with Crippen LogP contribution in [0.4, 0.5) is 0 Å². The maximum atomic E-state index is 2.31. The van der Waals surface area contributed by atoms with Crippen molar-refractivity contribution in [3.63, 3.8) is 0 Å². The molecule has 18 aromatic carbocycles. The van der Waals surface area contributed by atoms with Gasteiger partial charge in [0.1, 0.15) is 0 Å². The number of halogens is 6. The van der Waals surface area contributed by atoms with Gasteiger partial charge in [-0.15, -0.1) is 294 Å². The summed E-state index contributed by atoms with van der Waals surface area (Å²) in [5.74, 6) is 0. The van der Waals surface area contributed by atoms with Gasteiger partial charge in [0.05, 0.1) is 0 Å². The van der Waals surface area contributed by atoms with Crippen molar-refractivity contribution in [1.29, 1.82) is 0 Å². The van der Waals surface area contributed by atoms with Crippen molar-refractivity contribution < 1.29 is 70.0 Å². The number of hydrogen-bond donors (Lipinski definition) is 0. The van der Waals surface area contributed by atoms with E-state index < -0.39 is 0 Å². The Labute approximate surface area is 736 Å². The van der Waals surface area contributed by atoms with Gasteiger partial charge in [0, 0.05) is 0 Å². The number of benzene rings is 12. The van der Waals surface area contributed by atoms with Crippen LogP contribution in [0.25, 0.3) is 131 Å². The van der Waals surface area contributed by atoms with E-state index in [-0.39, 0.29) is 90.7 Å². The largest absolute Gasteiger partial charge is 0.165 e. The molecule has 0 radical (unpaired) electrons. The van der Waals surface area contributed by atoms with Crippen LogP contribution in [0.3, 0.4) is 0 Å². The van der Waals surface area contributed by atoms with Gasteiger partial charge >= 0.3 is 126 Å². The van der Waals surface area contributed by atoms with E-state index >= 15 is 0 Å². The van der Waals surface area contributed by atoms with E-state index in [1.54, 1.807) is 70.0 Å². The Bertz CT molecular complexity index is 5420. The fourth-order valence-electron chi connectivity index (χ4n) is 13.3. The Morgan fingerprint density at radius 1 is 0.191 bits per heavy atom. The SMILES string of the molecule is C[Si](C)=[Zr+2].C[Si](C)=[Zr+2].C[Si](C)=[Zr+2].Cc1cc2c(-c3cccc4ccccc34)cccc2[cH-]1.Cc1cc2c(-c3cccc4ccccc34)cccc2[cH-]1.Cc1cc2c(-c3ccccc3)cccc2[cH-]1.Cc1cc2c(-c3ccccc3)cccc2[cH-]1.Cc1cc2ccccc2[cH-]1.Cc1cc2ccccc2[cH-]1.Cl.Cl.Cl.Cl.Cl.Cl. The van der Waals surface area contributed by atoms with E-state index in [1.807, 2.05) is 0 Å². The predicted octanol–water partition coefficient (Wildman–Crippen LogP) is 31.1. The summed E-state index contributed by atoms with van der Waals surface area (Å²) in [6.45, 7) is 26.7. The van der Waals surface area contributed by atoms with E-state index in [1.165, 1.54) is 164 Å². The van der Waals surface area contributed by atoms with Crippen molar-refractivity contribution in [2.24, 2.45) is 0 Å². The molecule has 0 aliphatic rings. The molecule has 0 heterocycles. The summed E-state index contributed by atoms with van der Waals surface area (Å²) in [5.41, 5.74) is 19.2. The first kappa shape index (κ1) is 96.2. The number of fused-ring (bicyclic) bond motifs is 8. The maximum Gasteiger partial charge on any atom is -0.0114 e. The summed E-state index contributed by atoms with van der Waals surface area (Å²) < 4.78 is 0. The Hall–Kier alpha value is -6.14. The van der Waals surface area contributed by atoms with Crippen LogP contribution < -0.4 is 0 Å². The third kappa shape index (κ3) is 27.6. The van der Waals surface area contributed by atoms with Crippen molar-refractivity contribution in [3.8, 4) is 44.5 Å². The zero-order valence-electron chi connectivity index (χ0n) is 64.8. The zero-order valence-corrected chi connectivity index (χ0v) is 80.1. The van der Waals surface area contributed by atoms with Crippen molar-refractivity contribution in [2.75, 3.05) is 0 Å². The predicted molar refractivity (Wildman–Crippen MR) is 498 cm³/mol. The van der Waals surface area contributed by atoms with Crippen LogP contribution in [0.1, 0.15) is 33.4 Å². The van der Waals surface area contributed by atoms with Crippen molar-refractivity contribution in [3.05, 3.63) is 373 Å². The molecule has 12 heteroatoms. The molecular weight excluding hydrogens is 1750 g/mol. The van der Waals surface area contributed by atoms with Crippen molar-refractivity contribution >= 4 is 177 Å². The van der Waals surface area contributed by atoms with Crippen LogP contribution in [-0.2, 0) is 70.0 Å². The molecular formula is C98H98Cl6Si3Zr3. The molecule has 0 saturated heterocycles. The van der Waals surface area contributed by atoms with Gasteiger partial charge in [-0.25, -0.2) is 0 Å². The van der Waals surface area contributed by atoms with E-state index in [4.69, 9.17) is 0 Å². The number of hydrogen-bond acceptors (Lipinski definition) is 0. The fraction of sp³-hybridized carbons (Fsp3) is 0.122. The summed E-state index contributed by atoms with van der Waals surface area (Å²) in [6.07, 6.45) is 0. The van der Waals surface area contributed by atoms with Gasteiger partial charge in [0.15, 0.2) is 0 Å². The minimum atomic E-state index is 0. The summed E-state index contributed by atoms with van der Waals surface area (Å²) in [6, 6.07) is 121. The van der Waals surface area contributed by atoms with Gasteiger partial charge in [-0.05, 0) is 43.8 Å². The fourth-order valence-corrected chi connectivity index (χ4v) is 13.3. The molecule has 18 rings (SSSR count). The van der Waals surface area contributed by atoms with E-state index in [0.29, 0.717) is 0 Å². The Morgan fingerprint density at radius 3 is 0.673 bits per heavy atom. The molecule has 0 N–H and O–H groups in total. The van der Waals surface area contributed by atoms with Gasteiger partial charge < -0.3 is 0 Å². The second-order valence-electron chi connectivity index (χ2n) is 27.5. The normalized spacial score (nSPS) is 9.91. The van der Waals surface area contributed by atoms with Crippen LogP contribution >= 0.6 is 74.4 Å². The van der Waals surface area contributed by atoms with Crippen LogP contribution in [0.15, 0.2) is 340 Å². The van der Waals surface area contributed by atoms with Gasteiger partial charge in [-0.2, -0.15) is 36.4 Å². The summed E-state index contributed by atoms with van der Waals surface area (Å²) in [4.78, 5) is 0. The third-order valence-corrected chi connectivity index (χ3v) is 17.4. The molecule has 0 atom stereocenters. The van der Waals surface area contributed by atoms with Crippen LogP contribution in [-0.4, -0.2) is 16.3 Å². The molecule has 110 heavy (non-hydrogen) atoms. The molecule has 18 aromatic rings. The van der Waals surface area contributed by atoms with E-state index in [9.17, 15) is 0 Å². The average Bonchev–Trinajstić information content (AvgIpc) is 1.56. The third-order valence-electron chi connectivity index (χ3n) is 17.4.